The zero-order chi connectivity index (χ0) is 12.1. The van der Waals surface area contributed by atoms with Crippen molar-refractivity contribution in [3.63, 3.8) is 0 Å². The number of nitrogens with one attached hydrogen (secondary N) is 2. The quantitative estimate of drug-likeness (QED) is 0.703. The van der Waals surface area contributed by atoms with Gasteiger partial charge in [0, 0.05) is 25.3 Å². The van der Waals surface area contributed by atoms with E-state index in [0.717, 1.165) is 23.0 Å². The molecule has 0 spiro atoms. The highest BCUT2D eigenvalue weighted by Gasteiger charge is 2.10. The number of aliphatic hydroxyl groups is 1. The molecule has 0 saturated carbocycles. The maximum atomic E-state index is 8.85. The number of hydrogen-bond acceptors (Lipinski definition) is 5. The van der Waals surface area contributed by atoms with E-state index in [0.29, 0.717) is 6.42 Å². The van der Waals surface area contributed by atoms with Crippen molar-refractivity contribution in [1.29, 1.82) is 0 Å². The second-order valence-electron chi connectivity index (χ2n) is 3.90. The molecule has 3 N–H and O–H groups in total. The summed E-state index contributed by atoms with van der Waals surface area (Å²) in [5.41, 5.74) is 0.998. The molecule has 1 rings (SSSR count). The summed E-state index contributed by atoms with van der Waals surface area (Å²) < 4.78 is 0. The molecule has 16 heavy (non-hydrogen) atoms. The van der Waals surface area contributed by atoms with Gasteiger partial charge in [-0.1, -0.05) is 0 Å². The highest BCUT2D eigenvalue weighted by atomic mass is 16.3. The van der Waals surface area contributed by atoms with Gasteiger partial charge < -0.3 is 15.7 Å². The van der Waals surface area contributed by atoms with Crippen LogP contribution in [0.1, 0.15) is 24.7 Å². The van der Waals surface area contributed by atoms with Crippen LogP contribution in [0.3, 0.4) is 0 Å². The standard InChI is InChI=1S/C11H20N4O/c1-7(5-6-16)13-11-8(2)10(12-4)14-9(3)15-11/h7,16H,5-6H2,1-4H3,(H2,12,13,14,15). The predicted molar refractivity (Wildman–Crippen MR) is 65.8 cm³/mol. The topological polar surface area (TPSA) is 70.1 Å². The van der Waals surface area contributed by atoms with Crippen molar-refractivity contribution in [3.05, 3.63) is 11.4 Å². The first-order valence-electron chi connectivity index (χ1n) is 5.48. The van der Waals surface area contributed by atoms with Crippen molar-refractivity contribution in [3.8, 4) is 0 Å². The van der Waals surface area contributed by atoms with Crippen LogP contribution in [0.2, 0.25) is 0 Å². The Bertz CT molecular complexity index is 354. The maximum Gasteiger partial charge on any atom is 0.134 e. The van der Waals surface area contributed by atoms with E-state index in [2.05, 4.69) is 20.6 Å². The molecule has 5 heteroatoms. The molecule has 1 heterocycles. The molecule has 1 aromatic heterocycles. The van der Waals surface area contributed by atoms with Crippen LogP contribution in [-0.2, 0) is 0 Å². The summed E-state index contributed by atoms with van der Waals surface area (Å²) >= 11 is 0. The summed E-state index contributed by atoms with van der Waals surface area (Å²) in [6.45, 7) is 6.03. The molecule has 0 bridgehead atoms. The Balaban J connectivity index is 2.90. The highest BCUT2D eigenvalue weighted by Crippen LogP contribution is 2.20. The smallest absolute Gasteiger partial charge is 0.134 e. The fourth-order valence-corrected chi connectivity index (χ4v) is 1.51. The summed E-state index contributed by atoms with van der Waals surface area (Å²) in [5.74, 6) is 2.40. The van der Waals surface area contributed by atoms with Crippen LogP contribution in [-0.4, -0.2) is 34.8 Å². The van der Waals surface area contributed by atoms with Crippen LogP contribution in [0, 0.1) is 13.8 Å². The molecule has 1 atom stereocenters. The minimum absolute atomic E-state index is 0.177. The number of anilines is 2. The summed E-state index contributed by atoms with van der Waals surface area (Å²) in [4.78, 5) is 8.65. The molecule has 0 aliphatic carbocycles. The minimum atomic E-state index is 0.177. The van der Waals surface area contributed by atoms with Crippen LogP contribution < -0.4 is 10.6 Å². The Labute approximate surface area is 96.3 Å². The van der Waals surface area contributed by atoms with E-state index < -0.39 is 0 Å². The molecule has 0 aliphatic rings. The molecule has 90 valence electrons. The van der Waals surface area contributed by atoms with E-state index in [9.17, 15) is 0 Å². The number of aryl methyl sites for hydroxylation is 1. The summed E-state index contributed by atoms with van der Waals surface area (Å²) in [7, 11) is 1.84. The molecule has 1 unspecified atom stereocenters. The lowest BCUT2D eigenvalue weighted by atomic mass is 10.2. The summed E-state index contributed by atoms with van der Waals surface area (Å²) in [6.07, 6.45) is 0.706. The maximum absolute atomic E-state index is 8.85. The van der Waals surface area contributed by atoms with Gasteiger partial charge in [0.1, 0.15) is 17.5 Å². The molecule has 0 amide bonds. The summed E-state index contributed by atoms with van der Waals surface area (Å²) in [5, 5.41) is 15.2. The van der Waals surface area contributed by atoms with E-state index in [1.807, 2.05) is 27.8 Å². The lowest BCUT2D eigenvalue weighted by Gasteiger charge is -2.17. The molecule has 1 aromatic rings. The van der Waals surface area contributed by atoms with Gasteiger partial charge in [-0.15, -0.1) is 0 Å². The molecule has 0 fully saturated rings. The predicted octanol–water partition coefficient (Wildman–Crippen LogP) is 1.32. The SMILES string of the molecule is CNc1nc(C)nc(NC(C)CCO)c1C. The minimum Gasteiger partial charge on any atom is -0.396 e. The van der Waals surface area contributed by atoms with Crippen molar-refractivity contribution in [2.45, 2.75) is 33.2 Å². The van der Waals surface area contributed by atoms with Gasteiger partial charge in [0.15, 0.2) is 0 Å². The molecular formula is C11H20N4O. The van der Waals surface area contributed by atoms with E-state index in [1.165, 1.54) is 0 Å². The van der Waals surface area contributed by atoms with Crippen LogP contribution in [0.5, 0.6) is 0 Å². The molecule has 0 saturated heterocycles. The van der Waals surface area contributed by atoms with Crippen LogP contribution in [0.4, 0.5) is 11.6 Å². The number of hydrogen-bond donors (Lipinski definition) is 3. The molecule has 0 aromatic carbocycles. The van der Waals surface area contributed by atoms with Gasteiger partial charge in [0.2, 0.25) is 0 Å². The third-order valence-corrected chi connectivity index (χ3v) is 2.44. The van der Waals surface area contributed by atoms with Crippen LogP contribution >= 0.6 is 0 Å². The van der Waals surface area contributed by atoms with Gasteiger partial charge in [-0.25, -0.2) is 9.97 Å². The van der Waals surface area contributed by atoms with Crippen molar-refractivity contribution >= 4 is 11.6 Å². The van der Waals surface area contributed by atoms with Crippen molar-refractivity contribution < 1.29 is 5.11 Å². The number of aromatic nitrogens is 2. The number of nitrogens with zero attached hydrogens (tertiary/aromatic N) is 2. The molecule has 5 nitrogen and oxygen atoms in total. The van der Waals surface area contributed by atoms with Crippen LogP contribution in [0.15, 0.2) is 0 Å². The lowest BCUT2D eigenvalue weighted by Crippen LogP contribution is -2.19. The zero-order valence-electron chi connectivity index (χ0n) is 10.3. The van der Waals surface area contributed by atoms with Crippen LogP contribution in [0.25, 0.3) is 0 Å². The lowest BCUT2D eigenvalue weighted by molar-refractivity contribution is 0.282. The first-order chi connectivity index (χ1) is 7.58. The van der Waals surface area contributed by atoms with Crippen molar-refractivity contribution in [1.82, 2.24) is 9.97 Å². The van der Waals surface area contributed by atoms with Gasteiger partial charge in [0.25, 0.3) is 0 Å². The normalized spacial score (nSPS) is 12.3. The fourth-order valence-electron chi connectivity index (χ4n) is 1.51. The third kappa shape index (κ3) is 3.06. The van der Waals surface area contributed by atoms with Crippen molar-refractivity contribution in [2.24, 2.45) is 0 Å². The average Bonchev–Trinajstić information content (AvgIpc) is 2.23. The third-order valence-electron chi connectivity index (χ3n) is 2.44. The van der Waals surface area contributed by atoms with E-state index in [1.54, 1.807) is 0 Å². The zero-order valence-corrected chi connectivity index (χ0v) is 10.3. The Hall–Kier alpha value is -1.36. The van der Waals surface area contributed by atoms with Crippen molar-refractivity contribution in [2.75, 3.05) is 24.3 Å². The molecule has 0 radical (unpaired) electrons. The Morgan fingerprint density at radius 1 is 1.25 bits per heavy atom. The van der Waals surface area contributed by atoms with Gasteiger partial charge >= 0.3 is 0 Å². The average molecular weight is 224 g/mol. The first-order valence-corrected chi connectivity index (χ1v) is 5.48. The van der Waals surface area contributed by atoms with Gasteiger partial charge in [-0.3, -0.25) is 0 Å². The second-order valence-corrected chi connectivity index (χ2v) is 3.90. The Morgan fingerprint density at radius 3 is 2.44 bits per heavy atom. The second kappa shape index (κ2) is 5.65. The Kier molecular flexibility index (Phi) is 4.49. The van der Waals surface area contributed by atoms with E-state index in [4.69, 9.17) is 5.11 Å². The van der Waals surface area contributed by atoms with Gasteiger partial charge in [-0.05, 0) is 27.2 Å². The number of rotatable bonds is 5. The molecule has 0 aliphatic heterocycles. The number of aliphatic hydroxyl groups excluding tert-OH is 1. The van der Waals surface area contributed by atoms with Gasteiger partial charge in [0.05, 0.1) is 0 Å². The largest absolute Gasteiger partial charge is 0.396 e. The Morgan fingerprint density at radius 2 is 1.88 bits per heavy atom. The first kappa shape index (κ1) is 12.7. The van der Waals surface area contributed by atoms with E-state index in [-0.39, 0.29) is 12.6 Å². The monoisotopic (exact) mass is 224 g/mol. The molecular weight excluding hydrogens is 204 g/mol. The highest BCUT2D eigenvalue weighted by molar-refractivity contribution is 5.57. The van der Waals surface area contributed by atoms with Gasteiger partial charge in [-0.2, -0.15) is 0 Å². The fraction of sp³-hybridized carbons (Fsp3) is 0.636. The van der Waals surface area contributed by atoms with E-state index >= 15 is 0 Å². The summed E-state index contributed by atoms with van der Waals surface area (Å²) in [6, 6.07) is 0.197.